The molecule has 1 aromatic carbocycles. The molecule has 0 bridgehead atoms. The minimum atomic E-state index is -4.53. The fourth-order valence-electron chi connectivity index (χ4n) is 1.59. The molecular formula is C10H9F3N2O2. The summed E-state index contributed by atoms with van der Waals surface area (Å²) in [4.78, 5) is 11.1. The molecule has 1 aromatic rings. The number of hydrogen-bond acceptors (Lipinski definition) is 3. The third-order valence-corrected chi connectivity index (χ3v) is 2.36. The number of methoxy groups -OCH3 is 1. The first-order chi connectivity index (χ1) is 7.91. The van der Waals surface area contributed by atoms with Gasteiger partial charge < -0.3 is 15.4 Å². The van der Waals surface area contributed by atoms with E-state index in [0.29, 0.717) is 5.69 Å². The van der Waals surface area contributed by atoms with Gasteiger partial charge in [-0.05, 0) is 6.07 Å². The van der Waals surface area contributed by atoms with Crippen LogP contribution in [0.1, 0.15) is 5.56 Å². The van der Waals surface area contributed by atoms with Gasteiger partial charge in [0, 0.05) is 6.07 Å². The van der Waals surface area contributed by atoms with Crippen molar-refractivity contribution in [2.24, 2.45) is 0 Å². The number of amides is 1. The molecule has 1 amide bonds. The van der Waals surface area contributed by atoms with Crippen LogP contribution in [0.3, 0.4) is 0 Å². The highest BCUT2D eigenvalue weighted by Crippen LogP contribution is 2.41. The van der Waals surface area contributed by atoms with Gasteiger partial charge in [0.25, 0.3) is 0 Å². The minimum Gasteiger partial charge on any atom is -0.496 e. The predicted molar refractivity (Wildman–Crippen MR) is 55.1 cm³/mol. The van der Waals surface area contributed by atoms with Crippen molar-refractivity contribution in [1.82, 2.24) is 0 Å². The normalized spacial score (nSPS) is 14.7. The number of nitrogens with one attached hydrogen (secondary N) is 2. The van der Waals surface area contributed by atoms with E-state index < -0.39 is 11.7 Å². The van der Waals surface area contributed by atoms with Gasteiger partial charge in [-0.1, -0.05) is 0 Å². The number of alkyl halides is 3. The van der Waals surface area contributed by atoms with Crippen LogP contribution in [0.5, 0.6) is 5.75 Å². The molecule has 0 aliphatic carbocycles. The molecule has 2 N–H and O–H groups in total. The summed E-state index contributed by atoms with van der Waals surface area (Å²) in [6.45, 7) is 0.0293. The van der Waals surface area contributed by atoms with Crippen molar-refractivity contribution in [2.45, 2.75) is 6.18 Å². The Morgan fingerprint density at radius 2 is 2.00 bits per heavy atom. The summed E-state index contributed by atoms with van der Waals surface area (Å²) < 4.78 is 42.8. The number of benzene rings is 1. The topological polar surface area (TPSA) is 50.4 Å². The monoisotopic (exact) mass is 246 g/mol. The Hall–Kier alpha value is -1.92. The van der Waals surface area contributed by atoms with Gasteiger partial charge in [-0.15, -0.1) is 0 Å². The number of halogens is 3. The molecule has 7 heteroatoms. The molecule has 17 heavy (non-hydrogen) atoms. The summed E-state index contributed by atoms with van der Waals surface area (Å²) in [7, 11) is 1.17. The van der Waals surface area contributed by atoms with Gasteiger partial charge in [0.1, 0.15) is 5.75 Å². The van der Waals surface area contributed by atoms with E-state index in [0.717, 1.165) is 6.07 Å². The summed E-state index contributed by atoms with van der Waals surface area (Å²) in [6, 6.07) is 2.08. The van der Waals surface area contributed by atoms with Gasteiger partial charge in [-0.2, -0.15) is 13.2 Å². The van der Waals surface area contributed by atoms with Gasteiger partial charge in [-0.3, -0.25) is 4.79 Å². The molecule has 0 aromatic heterocycles. The Kier molecular flexibility index (Phi) is 2.60. The molecule has 0 saturated heterocycles. The smallest absolute Gasteiger partial charge is 0.420 e. The van der Waals surface area contributed by atoms with Crippen LogP contribution in [0, 0.1) is 0 Å². The largest absolute Gasteiger partial charge is 0.496 e. The molecule has 2 rings (SSSR count). The second kappa shape index (κ2) is 3.83. The van der Waals surface area contributed by atoms with Crippen molar-refractivity contribution in [1.29, 1.82) is 0 Å². The third kappa shape index (κ3) is 2.13. The fraction of sp³-hybridized carbons (Fsp3) is 0.300. The molecule has 4 nitrogen and oxygen atoms in total. The van der Waals surface area contributed by atoms with Crippen LogP contribution >= 0.6 is 0 Å². The van der Waals surface area contributed by atoms with E-state index in [9.17, 15) is 18.0 Å². The van der Waals surface area contributed by atoms with Crippen LogP contribution in [-0.2, 0) is 11.0 Å². The number of ether oxygens (including phenoxy) is 1. The van der Waals surface area contributed by atoms with Gasteiger partial charge in [0.15, 0.2) is 0 Å². The maximum atomic E-state index is 12.7. The first kappa shape index (κ1) is 11.6. The first-order valence-electron chi connectivity index (χ1n) is 4.75. The second-order valence-electron chi connectivity index (χ2n) is 3.50. The maximum Gasteiger partial charge on any atom is 0.420 e. The van der Waals surface area contributed by atoms with Crippen molar-refractivity contribution in [3.05, 3.63) is 17.7 Å². The van der Waals surface area contributed by atoms with E-state index >= 15 is 0 Å². The third-order valence-electron chi connectivity index (χ3n) is 2.36. The highest BCUT2D eigenvalue weighted by molar-refractivity contribution is 6.01. The molecular weight excluding hydrogens is 237 g/mol. The van der Waals surface area contributed by atoms with Crippen molar-refractivity contribution < 1.29 is 22.7 Å². The van der Waals surface area contributed by atoms with Crippen LogP contribution in [-0.4, -0.2) is 19.6 Å². The van der Waals surface area contributed by atoms with Gasteiger partial charge in [0.2, 0.25) is 5.91 Å². The molecule has 1 aliphatic heterocycles. The SMILES string of the molecule is COc1cc2c(cc1C(F)(F)F)NC(=O)CN2. The Morgan fingerprint density at radius 1 is 1.29 bits per heavy atom. The van der Waals surface area contributed by atoms with Crippen molar-refractivity contribution in [3.8, 4) is 5.75 Å². The lowest BCUT2D eigenvalue weighted by Gasteiger charge is -2.22. The number of hydrogen-bond donors (Lipinski definition) is 2. The molecule has 0 spiro atoms. The number of rotatable bonds is 1. The average molecular weight is 246 g/mol. The lowest BCUT2D eigenvalue weighted by Crippen LogP contribution is -2.27. The second-order valence-corrected chi connectivity index (χ2v) is 3.50. The van der Waals surface area contributed by atoms with E-state index in [1.807, 2.05) is 0 Å². The van der Waals surface area contributed by atoms with Gasteiger partial charge in [0.05, 0.1) is 30.6 Å². The van der Waals surface area contributed by atoms with Crippen LogP contribution in [0.4, 0.5) is 24.5 Å². The average Bonchev–Trinajstić information content (AvgIpc) is 2.26. The van der Waals surface area contributed by atoms with Gasteiger partial charge in [-0.25, -0.2) is 0 Å². The lowest BCUT2D eigenvalue weighted by molar-refractivity contribution is -0.138. The van der Waals surface area contributed by atoms with Crippen LogP contribution in [0.15, 0.2) is 12.1 Å². The molecule has 0 unspecified atom stereocenters. The first-order valence-corrected chi connectivity index (χ1v) is 4.75. The zero-order valence-corrected chi connectivity index (χ0v) is 8.81. The highest BCUT2D eigenvalue weighted by atomic mass is 19.4. The lowest BCUT2D eigenvalue weighted by atomic mass is 10.1. The summed E-state index contributed by atoms with van der Waals surface area (Å²) >= 11 is 0. The van der Waals surface area contributed by atoms with Crippen molar-refractivity contribution >= 4 is 17.3 Å². The maximum absolute atomic E-state index is 12.7. The van der Waals surface area contributed by atoms with Crippen LogP contribution in [0.25, 0.3) is 0 Å². The molecule has 1 aliphatic rings. The minimum absolute atomic E-state index is 0.0293. The molecule has 0 radical (unpaired) electrons. The van der Waals surface area contributed by atoms with E-state index in [1.165, 1.54) is 13.2 Å². The number of anilines is 2. The number of carbonyl (C=O) groups excluding carboxylic acids is 1. The number of carbonyl (C=O) groups is 1. The van der Waals surface area contributed by atoms with E-state index in [2.05, 4.69) is 10.6 Å². The summed E-state index contributed by atoms with van der Waals surface area (Å²) in [5, 5.41) is 5.07. The Bertz CT molecular complexity index is 471. The van der Waals surface area contributed by atoms with Crippen LogP contribution < -0.4 is 15.4 Å². The van der Waals surface area contributed by atoms with E-state index in [1.54, 1.807) is 0 Å². The molecule has 0 atom stereocenters. The summed E-state index contributed by atoms with van der Waals surface area (Å²) in [5.74, 6) is -0.657. The predicted octanol–water partition coefficient (Wildman–Crippen LogP) is 2.08. The number of fused-ring (bicyclic) bond motifs is 1. The molecule has 0 fully saturated rings. The quantitative estimate of drug-likeness (QED) is 0.797. The standard InChI is InChI=1S/C10H9F3N2O2/c1-17-8-3-6-7(15-9(16)4-14-6)2-5(8)10(11,12)13/h2-3,14H,4H2,1H3,(H,15,16). The summed E-state index contributed by atoms with van der Waals surface area (Å²) in [6.07, 6.45) is -4.53. The van der Waals surface area contributed by atoms with Crippen molar-refractivity contribution in [3.63, 3.8) is 0 Å². The Morgan fingerprint density at radius 3 is 2.59 bits per heavy atom. The zero-order chi connectivity index (χ0) is 12.6. The summed E-state index contributed by atoms with van der Waals surface area (Å²) in [5.41, 5.74) is -0.397. The fourth-order valence-corrected chi connectivity index (χ4v) is 1.59. The zero-order valence-electron chi connectivity index (χ0n) is 8.81. The molecule has 92 valence electrons. The van der Waals surface area contributed by atoms with Gasteiger partial charge >= 0.3 is 6.18 Å². The Balaban J connectivity index is 2.53. The Labute approximate surface area is 94.8 Å². The van der Waals surface area contributed by atoms with Crippen LogP contribution in [0.2, 0.25) is 0 Å². The van der Waals surface area contributed by atoms with E-state index in [-0.39, 0.29) is 23.9 Å². The highest BCUT2D eigenvalue weighted by Gasteiger charge is 2.36. The van der Waals surface area contributed by atoms with E-state index in [4.69, 9.17) is 4.74 Å². The molecule has 1 heterocycles. The van der Waals surface area contributed by atoms with Crippen molar-refractivity contribution in [2.75, 3.05) is 24.3 Å². The molecule has 0 saturated carbocycles.